The number of aromatic nitrogens is 3. The number of imidazole rings is 1. The molecule has 0 atom stereocenters. The van der Waals surface area contributed by atoms with Gasteiger partial charge in [-0.15, -0.1) is 11.3 Å². The lowest BCUT2D eigenvalue weighted by molar-refractivity contribution is 0.102. The van der Waals surface area contributed by atoms with Gasteiger partial charge in [0.05, 0.1) is 4.88 Å². The fourth-order valence-corrected chi connectivity index (χ4v) is 3.08. The summed E-state index contributed by atoms with van der Waals surface area (Å²) in [7, 11) is 0. The van der Waals surface area contributed by atoms with E-state index in [0.717, 1.165) is 16.2 Å². The summed E-state index contributed by atoms with van der Waals surface area (Å²) in [5.74, 6) is 0.396. The number of fused-ring (bicyclic) bond motifs is 1. The molecule has 6 heteroatoms. The molecule has 0 aromatic carbocycles. The molecule has 4 heterocycles. The molecular weight excluding hydrogens is 308 g/mol. The van der Waals surface area contributed by atoms with Gasteiger partial charge in [-0.1, -0.05) is 18.2 Å². The van der Waals surface area contributed by atoms with E-state index in [1.165, 1.54) is 0 Å². The smallest absolute Gasteiger partial charge is 0.275 e. The normalized spacial score (nSPS) is 10.8. The zero-order chi connectivity index (χ0) is 15.6. The lowest BCUT2D eigenvalue weighted by Gasteiger charge is -2.06. The summed E-state index contributed by atoms with van der Waals surface area (Å²) in [6.07, 6.45) is 3.48. The zero-order valence-corrected chi connectivity index (χ0v) is 12.8. The summed E-state index contributed by atoms with van der Waals surface area (Å²) in [4.78, 5) is 22.2. The second kappa shape index (κ2) is 5.66. The molecule has 1 amide bonds. The van der Waals surface area contributed by atoms with Crippen molar-refractivity contribution >= 4 is 28.7 Å². The van der Waals surface area contributed by atoms with Gasteiger partial charge in [-0.25, -0.2) is 4.98 Å². The highest BCUT2D eigenvalue weighted by Crippen LogP contribution is 2.32. The predicted octanol–water partition coefficient (Wildman–Crippen LogP) is 3.71. The Kier molecular flexibility index (Phi) is 3.36. The van der Waals surface area contributed by atoms with Gasteiger partial charge in [-0.2, -0.15) is 0 Å². The van der Waals surface area contributed by atoms with Crippen molar-refractivity contribution < 1.29 is 4.79 Å². The Morgan fingerprint density at radius 2 is 2.00 bits per heavy atom. The summed E-state index contributed by atoms with van der Waals surface area (Å²) >= 11 is 1.59. The van der Waals surface area contributed by atoms with Crippen LogP contribution < -0.4 is 5.32 Å². The molecule has 0 fully saturated rings. The Balaban J connectivity index is 1.82. The molecule has 5 nitrogen and oxygen atoms in total. The van der Waals surface area contributed by atoms with Gasteiger partial charge in [0.15, 0.2) is 0 Å². The highest BCUT2D eigenvalue weighted by atomic mass is 32.1. The van der Waals surface area contributed by atoms with E-state index in [0.29, 0.717) is 11.5 Å². The van der Waals surface area contributed by atoms with Crippen molar-refractivity contribution in [2.24, 2.45) is 0 Å². The minimum atomic E-state index is -0.256. The molecule has 4 aromatic rings. The van der Waals surface area contributed by atoms with Crippen LogP contribution in [0, 0.1) is 0 Å². The Morgan fingerprint density at radius 1 is 1.09 bits per heavy atom. The number of anilines is 1. The second-order valence-corrected chi connectivity index (χ2v) is 5.83. The van der Waals surface area contributed by atoms with E-state index in [1.54, 1.807) is 35.7 Å². The van der Waals surface area contributed by atoms with E-state index in [1.807, 2.05) is 46.3 Å². The molecule has 0 unspecified atom stereocenters. The number of carbonyl (C=O) groups excluding carboxylic acids is 1. The molecule has 0 spiro atoms. The van der Waals surface area contributed by atoms with Crippen LogP contribution in [0.15, 0.2) is 66.3 Å². The fourth-order valence-electron chi connectivity index (χ4n) is 2.37. The van der Waals surface area contributed by atoms with Crippen molar-refractivity contribution in [3.8, 4) is 10.6 Å². The average molecular weight is 320 g/mol. The molecule has 112 valence electrons. The van der Waals surface area contributed by atoms with E-state index in [2.05, 4.69) is 15.3 Å². The maximum Gasteiger partial charge on any atom is 0.275 e. The van der Waals surface area contributed by atoms with Crippen LogP contribution in [0.25, 0.3) is 16.2 Å². The van der Waals surface area contributed by atoms with Crippen LogP contribution in [0.5, 0.6) is 0 Å². The highest BCUT2D eigenvalue weighted by molar-refractivity contribution is 7.13. The van der Waals surface area contributed by atoms with Crippen molar-refractivity contribution in [3.05, 3.63) is 72.0 Å². The summed E-state index contributed by atoms with van der Waals surface area (Å²) in [6, 6.07) is 14.9. The number of thiophene rings is 1. The first-order chi connectivity index (χ1) is 11.3. The number of pyridine rings is 2. The Bertz CT molecular complexity index is 961. The van der Waals surface area contributed by atoms with Crippen LogP contribution in [-0.2, 0) is 0 Å². The van der Waals surface area contributed by atoms with Gasteiger partial charge in [-0.3, -0.25) is 14.2 Å². The number of nitrogens with one attached hydrogen (secondary N) is 1. The van der Waals surface area contributed by atoms with Crippen molar-refractivity contribution in [1.82, 2.24) is 14.4 Å². The molecular formula is C17H12N4OS. The minimum absolute atomic E-state index is 0.256. The molecule has 0 radical (unpaired) electrons. The summed E-state index contributed by atoms with van der Waals surface area (Å²) in [5, 5.41) is 4.93. The quantitative estimate of drug-likeness (QED) is 0.626. The number of nitrogens with zero attached hydrogens (tertiary/aromatic N) is 3. The van der Waals surface area contributed by atoms with Gasteiger partial charge in [0.25, 0.3) is 5.91 Å². The number of hydrogen-bond acceptors (Lipinski definition) is 4. The summed E-state index contributed by atoms with van der Waals surface area (Å²) in [6.45, 7) is 0. The maximum absolute atomic E-state index is 12.5. The van der Waals surface area contributed by atoms with Gasteiger partial charge in [0.1, 0.15) is 22.9 Å². The zero-order valence-electron chi connectivity index (χ0n) is 12.0. The molecule has 1 N–H and O–H groups in total. The van der Waals surface area contributed by atoms with Crippen LogP contribution in [0.2, 0.25) is 0 Å². The SMILES string of the molecule is O=C(Nc1c(-c2cccs2)nc2ccccn12)c1ccccn1. The van der Waals surface area contributed by atoms with Crippen LogP contribution in [-0.4, -0.2) is 20.3 Å². The largest absolute Gasteiger partial charge is 0.304 e. The van der Waals surface area contributed by atoms with Gasteiger partial charge in [-0.05, 0) is 35.7 Å². The van der Waals surface area contributed by atoms with Crippen molar-refractivity contribution in [2.75, 3.05) is 5.32 Å². The molecule has 0 aliphatic rings. The minimum Gasteiger partial charge on any atom is -0.304 e. The van der Waals surface area contributed by atoms with Gasteiger partial charge >= 0.3 is 0 Å². The lowest BCUT2D eigenvalue weighted by Crippen LogP contribution is -2.15. The summed E-state index contributed by atoms with van der Waals surface area (Å²) < 4.78 is 1.87. The van der Waals surface area contributed by atoms with Crippen LogP contribution in [0.4, 0.5) is 5.82 Å². The predicted molar refractivity (Wildman–Crippen MR) is 90.7 cm³/mol. The monoisotopic (exact) mass is 320 g/mol. The molecule has 0 bridgehead atoms. The van der Waals surface area contributed by atoms with Crippen molar-refractivity contribution in [2.45, 2.75) is 0 Å². The van der Waals surface area contributed by atoms with Crippen LogP contribution >= 0.6 is 11.3 Å². The van der Waals surface area contributed by atoms with Crippen LogP contribution in [0.1, 0.15) is 10.5 Å². The molecule has 4 rings (SSSR count). The lowest BCUT2D eigenvalue weighted by atomic mass is 10.3. The van der Waals surface area contributed by atoms with Crippen molar-refractivity contribution in [3.63, 3.8) is 0 Å². The molecule has 0 saturated heterocycles. The number of rotatable bonds is 3. The molecule has 23 heavy (non-hydrogen) atoms. The third-order valence-corrected chi connectivity index (χ3v) is 4.29. The standard InChI is InChI=1S/C17H12N4OS/c22-17(12-6-1-3-9-18-12)20-16-15(13-7-5-11-23-13)19-14-8-2-4-10-21(14)16/h1-11H,(H,20,22). The molecule has 0 aliphatic carbocycles. The second-order valence-electron chi connectivity index (χ2n) is 4.88. The number of carbonyl (C=O) groups is 1. The van der Waals surface area contributed by atoms with Gasteiger partial charge in [0.2, 0.25) is 0 Å². The third-order valence-electron chi connectivity index (χ3n) is 3.41. The van der Waals surface area contributed by atoms with Gasteiger partial charge in [0, 0.05) is 12.4 Å². The van der Waals surface area contributed by atoms with E-state index in [4.69, 9.17) is 0 Å². The van der Waals surface area contributed by atoms with E-state index < -0.39 is 0 Å². The van der Waals surface area contributed by atoms with Gasteiger partial charge < -0.3 is 5.32 Å². The van der Waals surface area contributed by atoms with Crippen molar-refractivity contribution in [1.29, 1.82) is 0 Å². The number of amides is 1. The first-order valence-electron chi connectivity index (χ1n) is 7.06. The molecule has 4 aromatic heterocycles. The van der Waals surface area contributed by atoms with E-state index >= 15 is 0 Å². The maximum atomic E-state index is 12.5. The summed E-state index contributed by atoms with van der Waals surface area (Å²) in [5.41, 5.74) is 1.92. The topological polar surface area (TPSA) is 59.3 Å². The third kappa shape index (κ3) is 2.49. The Labute approximate surface area is 136 Å². The first-order valence-corrected chi connectivity index (χ1v) is 7.94. The van der Waals surface area contributed by atoms with E-state index in [-0.39, 0.29) is 5.91 Å². The van der Waals surface area contributed by atoms with Crippen LogP contribution in [0.3, 0.4) is 0 Å². The number of hydrogen-bond donors (Lipinski definition) is 1. The Hall–Kier alpha value is -2.99. The Morgan fingerprint density at radius 3 is 2.78 bits per heavy atom. The molecule has 0 saturated carbocycles. The molecule has 0 aliphatic heterocycles. The fraction of sp³-hybridized carbons (Fsp3) is 0. The van der Waals surface area contributed by atoms with E-state index in [9.17, 15) is 4.79 Å². The highest BCUT2D eigenvalue weighted by Gasteiger charge is 2.18. The first kappa shape index (κ1) is 13.7. The average Bonchev–Trinajstić information content (AvgIpc) is 3.24.